The van der Waals surface area contributed by atoms with E-state index in [1.54, 1.807) is 7.11 Å². The first kappa shape index (κ1) is 13.7. The van der Waals surface area contributed by atoms with Crippen molar-refractivity contribution < 1.29 is 4.74 Å². The predicted molar refractivity (Wildman–Crippen MR) is 80.9 cm³/mol. The van der Waals surface area contributed by atoms with Gasteiger partial charge in [-0.15, -0.1) is 0 Å². The number of hydrogen-bond donors (Lipinski definition) is 0. The number of rotatable bonds is 3. The molecule has 100 valence electrons. The van der Waals surface area contributed by atoms with E-state index in [0.717, 1.165) is 12.2 Å². The van der Waals surface area contributed by atoms with Crippen LogP contribution in [0, 0.1) is 0 Å². The molecule has 2 aromatic rings. The first-order valence-corrected chi connectivity index (χ1v) is 6.71. The van der Waals surface area contributed by atoms with Crippen LogP contribution >= 0.6 is 0 Å². The fourth-order valence-corrected chi connectivity index (χ4v) is 2.14. The van der Waals surface area contributed by atoms with Crippen LogP contribution in [-0.4, -0.2) is 7.11 Å². The molecule has 0 N–H and O–H groups in total. The minimum absolute atomic E-state index is 0.217. The third-order valence-corrected chi connectivity index (χ3v) is 3.36. The lowest BCUT2D eigenvalue weighted by molar-refractivity contribution is 0.414. The van der Waals surface area contributed by atoms with Crippen molar-refractivity contribution in [3.05, 3.63) is 65.2 Å². The molecular weight excluding hydrogens is 232 g/mol. The lowest BCUT2D eigenvalue weighted by Gasteiger charge is -2.19. The summed E-state index contributed by atoms with van der Waals surface area (Å²) >= 11 is 0. The number of hydrogen-bond acceptors (Lipinski definition) is 1. The third kappa shape index (κ3) is 3.60. The molecule has 0 atom stereocenters. The second-order valence-corrected chi connectivity index (χ2v) is 5.98. The van der Waals surface area contributed by atoms with Crippen LogP contribution < -0.4 is 4.74 Å². The van der Waals surface area contributed by atoms with Crippen molar-refractivity contribution >= 4 is 0 Å². The van der Waals surface area contributed by atoms with E-state index in [4.69, 9.17) is 4.74 Å². The zero-order valence-electron chi connectivity index (χ0n) is 12.2. The molecule has 0 fully saturated rings. The van der Waals surface area contributed by atoms with E-state index in [-0.39, 0.29) is 5.41 Å². The minimum Gasteiger partial charge on any atom is -0.497 e. The first-order valence-electron chi connectivity index (χ1n) is 6.71. The molecular formula is C18H22O. The molecule has 1 nitrogen and oxygen atoms in total. The average molecular weight is 254 g/mol. The van der Waals surface area contributed by atoms with E-state index in [1.807, 2.05) is 12.1 Å². The molecule has 0 bridgehead atoms. The van der Waals surface area contributed by atoms with Crippen LogP contribution in [0.2, 0.25) is 0 Å². The Bertz CT molecular complexity index is 532. The maximum atomic E-state index is 5.26. The summed E-state index contributed by atoms with van der Waals surface area (Å²) < 4.78 is 5.26. The summed E-state index contributed by atoms with van der Waals surface area (Å²) in [6.45, 7) is 6.72. The maximum Gasteiger partial charge on any atom is 0.119 e. The van der Waals surface area contributed by atoms with Crippen molar-refractivity contribution in [3.63, 3.8) is 0 Å². The molecule has 0 radical (unpaired) electrons. The van der Waals surface area contributed by atoms with Gasteiger partial charge in [-0.1, -0.05) is 57.2 Å². The summed E-state index contributed by atoms with van der Waals surface area (Å²) in [5.41, 5.74) is 4.21. The van der Waals surface area contributed by atoms with Crippen molar-refractivity contribution in [1.29, 1.82) is 0 Å². The molecule has 0 spiro atoms. The molecule has 0 aromatic heterocycles. The van der Waals surface area contributed by atoms with E-state index >= 15 is 0 Å². The van der Waals surface area contributed by atoms with Gasteiger partial charge in [0.1, 0.15) is 5.75 Å². The molecule has 0 aliphatic rings. The van der Waals surface area contributed by atoms with Crippen LogP contribution in [0.5, 0.6) is 5.75 Å². The zero-order valence-corrected chi connectivity index (χ0v) is 12.2. The highest BCUT2D eigenvalue weighted by Crippen LogP contribution is 2.23. The molecule has 0 saturated carbocycles. The summed E-state index contributed by atoms with van der Waals surface area (Å²) in [7, 11) is 1.71. The van der Waals surface area contributed by atoms with Crippen LogP contribution in [0.4, 0.5) is 0 Å². The molecule has 0 aliphatic heterocycles. The Labute approximate surface area is 116 Å². The Morgan fingerprint density at radius 3 is 2.16 bits per heavy atom. The number of benzene rings is 2. The van der Waals surface area contributed by atoms with E-state index < -0.39 is 0 Å². The molecule has 0 unspecified atom stereocenters. The van der Waals surface area contributed by atoms with Crippen molar-refractivity contribution in [2.75, 3.05) is 7.11 Å². The third-order valence-electron chi connectivity index (χ3n) is 3.36. The Hall–Kier alpha value is -1.76. The minimum atomic E-state index is 0.217. The topological polar surface area (TPSA) is 9.23 Å². The lowest BCUT2D eigenvalue weighted by atomic mass is 9.86. The van der Waals surface area contributed by atoms with Gasteiger partial charge in [-0.2, -0.15) is 0 Å². The molecule has 19 heavy (non-hydrogen) atoms. The lowest BCUT2D eigenvalue weighted by Crippen LogP contribution is -2.10. The Morgan fingerprint density at radius 2 is 1.58 bits per heavy atom. The molecule has 2 rings (SSSR count). The second kappa shape index (κ2) is 5.48. The Morgan fingerprint density at radius 1 is 0.895 bits per heavy atom. The van der Waals surface area contributed by atoms with Gasteiger partial charge in [0.25, 0.3) is 0 Å². The molecule has 0 amide bonds. The highest BCUT2D eigenvalue weighted by Gasteiger charge is 2.12. The highest BCUT2D eigenvalue weighted by molar-refractivity contribution is 5.34. The van der Waals surface area contributed by atoms with Crippen molar-refractivity contribution in [1.82, 2.24) is 0 Å². The largest absolute Gasteiger partial charge is 0.497 e. The molecule has 0 saturated heterocycles. The summed E-state index contributed by atoms with van der Waals surface area (Å²) in [4.78, 5) is 0. The molecule has 2 aromatic carbocycles. The van der Waals surface area contributed by atoms with Gasteiger partial charge in [0, 0.05) is 0 Å². The van der Waals surface area contributed by atoms with Gasteiger partial charge in [-0.3, -0.25) is 0 Å². The summed E-state index contributed by atoms with van der Waals surface area (Å²) in [5.74, 6) is 0.920. The van der Waals surface area contributed by atoms with Gasteiger partial charge in [0.05, 0.1) is 7.11 Å². The quantitative estimate of drug-likeness (QED) is 0.778. The van der Waals surface area contributed by atoms with Gasteiger partial charge in [0.2, 0.25) is 0 Å². The average Bonchev–Trinajstić information content (AvgIpc) is 2.38. The summed E-state index contributed by atoms with van der Waals surface area (Å²) in [5, 5.41) is 0. The van der Waals surface area contributed by atoms with E-state index in [1.165, 1.54) is 16.7 Å². The van der Waals surface area contributed by atoms with Crippen LogP contribution in [0.1, 0.15) is 37.5 Å². The monoisotopic (exact) mass is 254 g/mol. The van der Waals surface area contributed by atoms with Gasteiger partial charge in [-0.05, 0) is 40.7 Å². The van der Waals surface area contributed by atoms with Crippen molar-refractivity contribution in [2.45, 2.75) is 32.6 Å². The van der Waals surface area contributed by atoms with Gasteiger partial charge in [0.15, 0.2) is 0 Å². The van der Waals surface area contributed by atoms with Crippen LogP contribution in [0.3, 0.4) is 0 Å². The van der Waals surface area contributed by atoms with E-state index in [9.17, 15) is 0 Å². The van der Waals surface area contributed by atoms with Gasteiger partial charge >= 0.3 is 0 Å². The molecule has 0 heterocycles. The zero-order chi connectivity index (χ0) is 13.9. The van der Waals surface area contributed by atoms with Gasteiger partial charge in [-0.25, -0.2) is 0 Å². The molecule has 1 heteroatoms. The van der Waals surface area contributed by atoms with Crippen LogP contribution in [0.25, 0.3) is 0 Å². The van der Waals surface area contributed by atoms with E-state index in [2.05, 4.69) is 57.2 Å². The predicted octanol–water partition coefficient (Wildman–Crippen LogP) is 4.58. The maximum absolute atomic E-state index is 5.26. The standard InChI is InChI=1S/C18H22O/c1-18(2,3)16-10-8-14(9-11-16)12-15-6-5-7-17(13-15)19-4/h5-11,13H,12H2,1-4H3. The Balaban J connectivity index is 2.15. The normalized spacial score (nSPS) is 11.4. The Kier molecular flexibility index (Phi) is 3.94. The first-order chi connectivity index (χ1) is 8.99. The summed E-state index contributed by atoms with van der Waals surface area (Å²) in [6, 6.07) is 17.2. The van der Waals surface area contributed by atoms with Gasteiger partial charge < -0.3 is 4.74 Å². The SMILES string of the molecule is COc1cccc(Cc2ccc(C(C)(C)C)cc2)c1. The fraction of sp³-hybridized carbons (Fsp3) is 0.333. The summed E-state index contributed by atoms with van der Waals surface area (Å²) in [6.07, 6.45) is 0.946. The fourth-order valence-electron chi connectivity index (χ4n) is 2.14. The van der Waals surface area contributed by atoms with E-state index in [0.29, 0.717) is 0 Å². The molecule has 0 aliphatic carbocycles. The number of methoxy groups -OCH3 is 1. The smallest absolute Gasteiger partial charge is 0.119 e. The van der Waals surface area contributed by atoms with Crippen LogP contribution in [0.15, 0.2) is 48.5 Å². The number of ether oxygens (including phenoxy) is 1. The van der Waals surface area contributed by atoms with Crippen molar-refractivity contribution in [3.8, 4) is 5.75 Å². The van der Waals surface area contributed by atoms with Crippen molar-refractivity contribution in [2.24, 2.45) is 0 Å². The second-order valence-electron chi connectivity index (χ2n) is 5.98. The van der Waals surface area contributed by atoms with Crippen LogP contribution in [-0.2, 0) is 11.8 Å². The highest BCUT2D eigenvalue weighted by atomic mass is 16.5.